The highest BCUT2D eigenvalue weighted by atomic mass is 16.5. The Kier molecular flexibility index (Phi) is 16.8. The van der Waals surface area contributed by atoms with Crippen LogP contribution in [0.2, 0.25) is 0 Å². The predicted molar refractivity (Wildman–Crippen MR) is 99.2 cm³/mol. The van der Waals surface area contributed by atoms with Gasteiger partial charge in [-0.2, -0.15) is 0 Å². The molecule has 0 aliphatic carbocycles. The van der Waals surface area contributed by atoms with Crippen molar-refractivity contribution >= 4 is 5.97 Å². The minimum absolute atomic E-state index is 0.102. The fourth-order valence-electron chi connectivity index (χ4n) is 2.30. The van der Waals surface area contributed by atoms with E-state index in [9.17, 15) is 4.79 Å². The van der Waals surface area contributed by atoms with E-state index >= 15 is 0 Å². The third kappa shape index (κ3) is 19.4. The minimum atomic E-state index is -0.102. The Labute approximate surface area is 149 Å². The monoisotopic (exact) mass is 344 g/mol. The number of hydrogen-bond acceptors (Lipinski definition) is 4. The smallest absolute Gasteiger partial charge is 0.305 e. The highest BCUT2D eigenvalue weighted by Crippen LogP contribution is 2.10. The standard InChI is InChI=1S/C20H40O4/c1-18(2)11-8-6-5-7-9-14-24-20(21)12-10-13-22-15-16-23-17-19(3)4/h18-19H,5-17H2,1-4H3. The van der Waals surface area contributed by atoms with Crippen LogP contribution in [0, 0.1) is 11.8 Å². The van der Waals surface area contributed by atoms with Crippen LogP contribution in [0.3, 0.4) is 0 Å². The van der Waals surface area contributed by atoms with Crippen LogP contribution in [-0.4, -0.2) is 39.0 Å². The van der Waals surface area contributed by atoms with Gasteiger partial charge >= 0.3 is 5.97 Å². The molecule has 0 rings (SSSR count). The van der Waals surface area contributed by atoms with Crippen molar-refractivity contribution < 1.29 is 19.0 Å². The largest absolute Gasteiger partial charge is 0.466 e. The zero-order valence-corrected chi connectivity index (χ0v) is 16.5. The highest BCUT2D eigenvalue weighted by Gasteiger charge is 2.03. The quantitative estimate of drug-likeness (QED) is 0.275. The Morgan fingerprint density at radius 2 is 1.38 bits per heavy atom. The van der Waals surface area contributed by atoms with E-state index < -0.39 is 0 Å². The number of unbranched alkanes of at least 4 members (excludes halogenated alkanes) is 4. The summed E-state index contributed by atoms with van der Waals surface area (Å²) in [5.74, 6) is 1.26. The first-order valence-electron chi connectivity index (χ1n) is 9.83. The first-order valence-corrected chi connectivity index (χ1v) is 9.83. The molecule has 0 radical (unpaired) electrons. The van der Waals surface area contributed by atoms with Crippen LogP contribution in [-0.2, 0) is 19.0 Å². The van der Waals surface area contributed by atoms with Crippen molar-refractivity contribution in [1.29, 1.82) is 0 Å². The van der Waals surface area contributed by atoms with Crippen molar-refractivity contribution in [3.63, 3.8) is 0 Å². The molecule has 0 aromatic heterocycles. The average Bonchev–Trinajstić information content (AvgIpc) is 2.51. The summed E-state index contributed by atoms with van der Waals surface area (Å²) in [4.78, 5) is 11.6. The summed E-state index contributed by atoms with van der Waals surface area (Å²) in [6.45, 7) is 11.9. The number of rotatable bonds is 17. The van der Waals surface area contributed by atoms with Gasteiger partial charge in [0.2, 0.25) is 0 Å². The number of esters is 1. The molecule has 0 fully saturated rings. The van der Waals surface area contributed by atoms with Crippen molar-refractivity contribution in [2.75, 3.05) is 33.0 Å². The van der Waals surface area contributed by atoms with Gasteiger partial charge in [-0.25, -0.2) is 0 Å². The third-order valence-corrected chi connectivity index (χ3v) is 3.68. The van der Waals surface area contributed by atoms with Gasteiger partial charge in [-0.15, -0.1) is 0 Å². The summed E-state index contributed by atoms with van der Waals surface area (Å²) >= 11 is 0. The normalized spacial score (nSPS) is 11.4. The Balaban J connectivity index is 3.19. The molecule has 24 heavy (non-hydrogen) atoms. The molecule has 0 spiro atoms. The Bertz CT molecular complexity index is 251. The van der Waals surface area contributed by atoms with E-state index in [1.54, 1.807) is 0 Å². The molecule has 0 aromatic carbocycles. The predicted octanol–water partition coefficient (Wildman–Crippen LogP) is 5.00. The molecule has 0 aromatic rings. The Hall–Kier alpha value is -0.610. The Morgan fingerprint density at radius 1 is 0.708 bits per heavy atom. The maximum atomic E-state index is 11.6. The fourth-order valence-corrected chi connectivity index (χ4v) is 2.30. The van der Waals surface area contributed by atoms with Gasteiger partial charge in [0.25, 0.3) is 0 Å². The van der Waals surface area contributed by atoms with E-state index in [2.05, 4.69) is 27.7 Å². The number of ether oxygens (including phenoxy) is 3. The zero-order chi connectivity index (χ0) is 18.0. The first kappa shape index (κ1) is 23.4. The molecule has 0 atom stereocenters. The lowest BCUT2D eigenvalue weighted by Crippen LogP contribution is -2.10. The van der Waals surface area contributed by atoms with Gasteiger partial charge in [0, 0.05) is 19.6 Å². The summed E-state index contributed by atoms with van der Waals surface area (Å²) in [6, 6.07) is 0. The van der Waals surface area contributed by atoms with Crippen LogP contribution in [0.25, 0.3) is 0 Å². The van der Waals surface area contributed by atoms with E-state index in [0.29, 0.717) is 38.8 Å². The van der Waals surface area contributed by atoms with Crippen molar-refractivity contribution in [2.24, 2.45) is 11.8 Å². The number of carbonyl (C=O) groups excluding carboxylic acids is 1. The maximum Gasteiger partial charge on any atom is 0.305 e. The van der Waals surface area contributed by atoms with Gasteiger partial charge in [0.15, 0.2) is 0 Å². The molecule has 4 heteroatoms. The van der Waals surface area contributed by atoms with Gasteiger partial charge < -0.3 is 14.2 Å². The number of carbonyl (C=O) groups is 1. The van der Waals surface area contributed by atoms with Crippen LogP contribution >= 0.6 is 0 Å². The van der Waals surface area contributed by atoms with Crippen LogP contribution in [0.5, 0.6) is 0 Å². The third-order valence-electron chi connectivity index (χ3n) is 3.68. The summed E-state index contributed by atoms with van der Waals surface area (Å²) in [5.41, 5.74) is 0. The highest BCUT2D eigenvalue weighted by molar-refractivity contribution is 5.69. The molecule has 144 valence electrons. The SMILES string of the molecule is CC(C)CCCCCCCOC(=O)CCCOCCOCC(C)C. The van der Waals surface area contributed by atoms with Crippen molar-refractivity contribution in [2.45, 2.75) is 79.1 Å². The van der Waals surface area contributed by atoms with Crippen LogP contribution in [0.15, 0.2) is 0 Å². The first-order chi connectivity index (χ1) is 11.5. The molecular formula is C20H40O4. The van der Waals surface area contributed by atoms with Gasteiger partial charge in [-0.05, 0) is 24.7 Å². The van der Waals surface area contributed by atoms with Crippen molar-refractivity contribution in [1.82, 2.24) is 0 Å². The fraction of sp³-hybridized carbons (Fsp3) is 0.950. The van der Waals surface area contributed by atoms with E-state index in [0.717, 1.165) is 31.8 Å². The lowest BCUT2D eigenvalue weighted by molar-refractivity contribution is -0.144. The van der Waals surface area contributed by atoms with Crippen molar-refractivity contribution in [3.05, 3.63) is 0 Å². The summed E-state index contributed by atoms with van der Waals surface area (Å²) in [5, 5.41) is 0. The molecule has 0 heterocycles. The second-order valence-corrected chi connectivity index (χ2v) is 7.36. The lowest BCUT2D eigenvalue weighted by Gasteiger charge is -2.08. The topological polar surface area (TPSA) is 44.8 Å². The van der Waals surface area contributed by atoms with E-state index in [1.165, 1.54) is 25.7 Å². The lowest BCUT2D eigenvalue weighted by atomic mass is 10.0. The summed E-state index contributed by atoms with van der Waals surface area (Å²) in [7, 11) is 0. The molecule has 0 bridgehead atoms. The molecule has 0 saturated carbocycles. The summed E-state index contributed by atoms with van der Waals surface area (Å²) < 4.78 is 16.1. The summed E-state index contributed by atoms with van der Waals surface area (Å²) in [6.07, 6.45) is 8.49. The molecule has 0 unspecified atom stereocenters. The molecule has 4 nitrogen and oxygen atoms in total. The van der Waals surface area contributed by atoms with Gasteiger partial charge in [0.05, 0.1) is 19.8 Å². The van der Waals surface area contributed by atoms with E-state index in [1.807, 2.05) is 0 Å². The van der Waals surface area contributed by atoms with Crippen molar-refractivity contribution in [3.8, 4) is 0 Å². The molecule has 0 N–H and O–H groups in total. The van der Waals surface area contributed by atoms with Crippen LogP contribution in [0.4, 0.5) is 0 Å². The van der Waals surface area contributed by atoms with E-state index in [-0.39, 0.29) is 5.97 Å². The molecular weight excluding hydrogens is 304 g/mol. The van der Waals surface area contributed by atoms with Gasteiger partial charge in [0.1, 0.15) is 0 Å². The minimum Gasteiger partial charge on any atom is -0.466 e. The second-order valence-electron chi connectivity index (χ2n) is 7.36. The second kappa shape index (κ2) is 17.2. The number of hydrogen-bond donors (Lipinski definition) is 0. The van der Waals surface area contributed by atoms with E-state index in [4.69, 9.17) is 14.2 Å². The Morgan fingerprint density at radius 3 is 2.08 bits per heavy atom. The maximum absolute atomic E-state index is 11.6. The zero-order valence-electron chi connectivity index (χ0n) is 16.5. The molecule has 0 aliphatic heterocycles. The molecule has 0 amide bonds. The van der Waals surface area contributed by atoms with Gasteiger partial charge in [-0.3, -0.25) is 4.79 Å². The van der Waals surface area contributed by atoms with Gasteiger partial charge in [-0.1, -0.05) is 59.8 Å². The average molecular weight is 345 g/mol. The van der Waals surface area contributed by atoms with Crippen LogP contribution < -0.4 is 0 Å². The van der Waals surface area contributed by atoms with Crippen LogP contribution in [0.1, 0.15) is 79.1 Å². The molecule has 0 saturated heterocycles. The molecule has 0 aliphatic rings.